The van der Waals surface area contributed by atoms with Crippen LogP contribution in [0.25, 0.3) is 22.0 Å². The van der Waals surface area contributed by atoms with Crippen LogP contribution in [0.3, 0.4) is 0 Å². The van der Waals surface area contributed by atoms with E-state index in [2.05, 4.69) is 4.98 Å². The molecule has 2 aromatic heterocycles. The third-order valence-corrected chi connectivity index (χ3v) is 6.57. The standard InChI is InChI=1S/C28H34ClN3O5/c1-6-36-26(33)24-23(20-10-7-13-30-25(20)35-5)21-15-19(29)11-12-22(21)32(24)17-18-9-8-14-31(16-18)27(34)37-28(2,3)4/h7,10-13,15,18H,6,8-9,14,16-17H2,1-5H3. The van der Waals surface area contributed by atoms with Crippen LogP contribution in [0.4, 0.5) is 4.79 Å². The summed E-state index contributed by atoms with van der Waals surface area (Å²) in [5, 5.41) is 1.36. The number of likely N-dealkylation sites (tertiary alicyclic amines) is 1. The Morgan fingerprint density at radius 1 is 1.22 bits per heavy atom. The summed E-state index contributed by atoms with van der Waals surface area (Å²) in [5.41, 5.74) is 2.05. The molecule has 0 radical (unpaired) electrons. The summed E-state index contributed by atoms with van der Waals surface area (Å²) in [4.78, 5) is 32.4. The zero-order valence-corrected chi connectivity index (χ0v) is 22.8. The van der Waals surface area contributed by atoms with E-state index in [0.29, 0.717) is 47.4 Å². The second-order valence-corrected chi connectivity index (χ2v) is 10.6. The lowest BCUT2D eigenvalue weighted by atomic mass is 9.98. The van der Waals surface area contributed by atoms with Gasteiger partial charge >= 0.3 is 12.1 Å². The molecule has 0 saturated carbocycles. The molecule has 3 heterocycles. The maximum absolute atomic E-state index is 13.5. The van der Waals surface area contributed by atoms with Crippen molar-refractivity contribution in [3.05, 3.63) is 47.2 Å². The lowest BCUT2D eigenvalue weighted by molar-refractivity contribution is 0.0155. The molecular weight excluding hydrogens is 494 g/mol. The average molecular weight is 528 g/mol. The van der Waals surface area contributed by atoms with Gasteiger partial charge in [0, 0.05) is 52.9 Å². The molecule has 3 aromatic rings. The molecule has 0 bridgehead atoms. The minimum Gasteiger partial charge on any atom is -0.481 e. The van der Waals surface area contributed by atoms with Crippen molar-refractivity contribution in [3.63, 3.8) is 0 Å². The Morgan fingerprint density at radius 2 is 2.00 bits per heavy atom. The quantitative estimate of drug-likeness (QED) is 0.355. The number of methoxy groups -OCH3 is 1. The van der Waals surface area contributed by atoms with Crippen molar-refractivity contribution in [2.45, 2.75) is 52.7 Å². The van der Waals surface area contributed by atoms with Crippen LogP contribution in [0.2, 0.25) is 5.02 Å². The van der Waals surface area contributed by atoms with E-state index in [-0.39, 0.29) is 18.6 Å². The molecule has 9 heteroatoms. The van der Waals surface area contributed by atoms with E-state index in [1.807, 2.05) is 49.6 Å². The lowest BCUT2D eigenvalue weighted by Gasteiger charge is -2.34. The smallest absolute Gasteiger partial charge is 0.410 e. The summed E-state index contributed by atoms with van der Waals surface area (Å²) >= 11 is 6.42. The van der Waals surface area contributed by atoms with Crippen LogP contribution in [0.5, 0.6) is 5.88 Å². The summed E-state index contributed by atoms with van der Waals surface area (Å²) in [6.45, 7) is 9.32. The molecule has 4 rings (SSSR count). The first-order valence-corrected chi connectivity index (χ1v) is 13.0. The van der Waals surface area contributed by atoms with Crippen molar-refractivity contribution < 1.29 is 23.8 Å². The van der Waals surface area contributed by atoms with Crippen LogP contribution >= 0.6 is 11.6 Å². The van der Waals surface area contributed by atoms with Crippen LogP contribution in [-0.2, 0) is 16.0 Å². The van der Waals surface area contributed by atoms with E-state index in [0.717, 1.165) is 23.7 Å². The molecule has 1 fully saturated rings. The molecule has 0 N–H and O–H groups in total. The molecule has 1 amide bonds. The van der Waals surface area contributed by atoms with Crippen molar-refractivity contribution in [1.29, 1.82) is 0 Å². The van der Waals surface area contributed by atoms with Crippen LogP contribution in [0, 0.1) is 5.92 Å². The van der Waals surface area contributed by atoms with Crippen LogP contribution in [0.15, 0.2) is 36.5 Å². The summed E-state index contributed by atoms with van der Waals surface area (Å²) < 4.78 is 18.7. The highest BCUT2D eigenvalue weighted by Gasteiger charge is 2.32. The number of fused-ring (bicyclic) bond motifs is 1. The van der Waals surface area contributed by atoms with Crippen LogP contribution in [-0.4, -0.2) is 58.9 Å². The summed E-state index contributed by atoms with van der Waals surface area (Å²) in [6.07, 6.45) is 3.10. The number of rotatable bonds is 6. The maximum Gasteiger partial charge on any atom is 0.410 e. The second-order valence-electron chi connectivity index (χ2n) is 10.2. The van der Waals surface area contributed by atoms with E-state index in [4.69, 9.17) is 25.8 Å². The first kappa shape index (κ1) is 26.8. The lowest BCUT2D eigenvalue weighted by Crippen LogP contribution is -2.43. The Morgan fingerprint density at radius 3 is 2.70 bits per heavy atom. The number of piperidine rings is 1. The maximum atomic E-state index is 13.5. The SMILES string of the molecule is CCOC(=O)c1c(-c2cccnc2OC)c2cc(Cl)ccc2n1CC1CCCN(C(=O)OC(C)(C)C)C1. The van der Waals surface area contributed by atoms with Gasteiger partial charge in [0.1, 0.15) is 11.3 Å². The Kier molecular flexibility index (Phi) is 7.97. The minimum atomic E-state index is -0.561. The van der Waals surface area contributed by atoms with Gasteiger partial charge in [0.15, 0.2) is 0 Å². The highest BCUT2D eigenvalue weighted by molar-refractivity contribution is 6.31. The molecule has 1 aliphatic rings. The number of nitrogens with zero attached hydrogens (tertiary/aromatic N) is 3. The van der Waals surface area contributed by atoms with Gasteiger partial charge in [-0.2, -0.15) is 0 Å². The number of carbonyl (C=O) groups is 2. The molecule has 1 unspecified atom stereocenters. The number of carbonyl (C=O) groups excluding carboxylic acids is 2. The topological polar surface area (TPSA) is 82.9 Å². The number of pyridine rings is 1. The zero-order valence-electron chi connectivity index (χ0n) is 22.0. The van der Waals surface area contributed by atoms with Crippen molar-refractivity contribution >= 4 is 34.6 Å². The second kappa shape index (κ2) is 11.0. The van der Waals surface area contributed by atoms with Gasteiger partial charge in [-0.25, -0.2) is 14.6 Å². The highest BCUT2D eigenvalue weighted by atomic mass is 35.5. The van der Waals surface area contributed by atoms with E-state index in [1.54, 1.807) is 31.2 Å². The third-order valence-electron chi connectivity index (χ3n) is 6.34. The predicted molar refractivity (Wildman–Crippen MR) is 143 cm³/mol. The number of hydrogen-bond donors (Lipinski definition) is 0. The van der Waals surface area contributed by atoms with Gasteiger partial charge in [0.25, 0.3) is 0 Å². The number of hydrogen-bond acceptors (Lipinski definition) is 6. The Labute approximate surface area is 222 Å². The number of halogens is 1. The van der Waals surface area contributed by atoms with Crippen LogP contribution in [0.1, 0.15) is 51.0 Å². The van der Waals surface area contributed by atoms with Crippen molar-refractivity contribution in [2.75, 3.05) is 26.8 Å². The first-order chi connectivity index (χ1) is 17.6. The molecule has 37 heavy (non-hydrogen) atoms. The molecule has 0 spiro atoms. The molecule has 1 aliphatic heterocycles. The summed E-state index contributed by atoms with van der Waals surface area (Å²) in [5.74, 6) is 0.0840. The molecule has 8 nitrogen and oxygen atoms in total. The van der Waals surface area contributed by atoms with Crippen LogP contribution < -0.4 is 4.74 Å². The molecule has 198 valence electrons. The fraction of sp³-hybridized carbons (Fsp3) is 0.464. The zero-order chi connectivity index (χ0) is 26.7. The van der Waals surface area contributed by atoms with E-state index in [9.17, 15) is 9.59 Å². The fourth-order valence-corrected chi connectivity index (χ4v) is 5.08. The fourth-order valence-electron chi connectivity index (χ4n) is 4.91. The predicted octanol–water partition coefficient (Wildman–Crippen LogP) is 6.19. The number of ether oxygens (including phenoxy) is 3. The molecule has 1 aromatic carbocycles. The van der Waals surface area contributed by atoms with E-state index >= 15 is 0 Å². The number of aromatic nitrogens is 2. The number of esters is 1. The third kappa shape index (κ3) is 5.85. The van der Waals surface area contributed by atoms with Gasteiger partial charge in [0.2, 0.25) is 5.88 Å². The first-order valence-electron chi connectivity index (χ1n) is 12.6. The Bertz CT molecular complexity index is 1300. The number of benzene rings is 1. The van der Waals surface area contributed by atoms with Gasteiger partial charge in [-0.3, -0.25) is 0 Å². The Balaban J connectivity index is 1.81. The van der Waals surface area contributed by atoms with Gasteiger partial charge in [0.05, 0.1) is 13.7 Å². The molecular formula is C28H34ClN3O5. The Hall–Kier alpha value is -3.26. The van der Waals surface area contributed by atoms with E-state index in [1.165, 1.54) is 0 Å². The molecule has 0 aliphatic carbocycles. The van der Waals surface area contributed by atoms with E-state index < -0.39 is 11.6 Å². The van der Waals surface area contributed by atoms with Gasteiger partial charge in [-0.05, 0) is 76.8 Å². The van der Waals surface area contributed by atoms with Gasteiger partial charge in [-0.15, -0.1) is 0 Å². The van der Waals surface area contributed by atoms with Gasteiger partial charge < -0.3 is 23.7 Å². The van der Waals surface area contributed by atoms with Crippen molar-refractivity contribution in [3.8, 4) is 17.0 Å². The summed E-state index contributed by atoms with van der Waals surface area (Å²) in [6, 6.07) is 9.26. The largest absolute Gasteiger partial charge is 0.481 e. The average Bonchev–Trinajstić information content (AvgIpc) is 3.16. The molecule has 1 saturated heterocycles. The van der Waals surface area contributed by atoms with Crippen molar-refractivity contribution in [1.82, 2.24) is 14.5 Å². The highest BCUT2D eigenvalue weighted by Crippen LogP contribution is 2.41. The van der Waals surface area contributed by atoms with Crippen molar-refractivity contribution in [2.24, 2.45) is 5.92 Å². The number of amides is 1. The normalized spacial score (nSPS) is 16.1. The monoisotopic (exact) mass is 527 g/mol. The summed E-state index contributed by atoms with van der Waals surface area (Å²) in [7, 11) is 1.55. The minimum absolute atomic E-state index is 0.115. The van der Waals surface area contributed by atoms with Gasteiger partial charge in [-0.1, -0.05) is 11.6 Å². The molecule has 1 atom stereocenters.